The highest BCUT2D eigenvalue weighted by atomic mass is 16.5. The van der Waals surface area contributed by atoms with E-state index in [9.17, 15) is 9.59 Å². The molecule has 1 saturated carbocycles. The Morgan fingerprint density at radius 2 is 1.70 bits per heavy atom. The second-order valence-corrected chi connectivity index (χ2v) is 6.14. The van der Waals surface area contributed by atoms with Crippen LogP contribution in [-0.2, 0) is 4.79 Å². The summed E-state index contributed by atoms with van der Waals surface area (Å²) in [6.45, 7) is 2.53. The molecule has 1 aliphatic carbocycles. The number of hydrogen-bond donors (Lipinski definition) is 1. The molecule has 2 rings (SSSR count). The maximum Gasteiger partial charge on any atom is 0.220 e. The molecule has 1 N–H and O–H groups in total. The van der Waals surface area contributed by atoms with E-state index in [1.54, 1.807) is 24.3 Å². The molecule has 0 unspecified atom stereocenters. The zero-order valence-corrected chi connectivity index (χ0v) is 14.0. The molecule has 0 aliphatic heterocycles. The van der Waals surface area contributed by atoms with Crippen molar-refractivity contribution in [3.63, 3.8) is 0 Å². The average Bonchev–Trinajstić information content (AvgIpc) is 2.82. The molecule has 0 aromatic heterocycles. The summed E-state index contributed by atoms with van der Waals surface area (Å²) >= 11 is 0. The van der Waals surface area contributed by atoms with Gasteiger partial charge in [-0.3, -0.25) is 9.59 Å². The molecule has 4 nitrogen and oxygen atoms in total. The van der Waals surface area contributed by atoms with Crippen LogP contribution in [0.15, 0.2) is 24.3 Å². The van der Waals surface area contributed by atoms with Gasteiger partial charge in [0.15, 0.2) is 5.78 Å². The number of amides is 1. The highest BCUT2D eigenvalue weighted by Gasteiger charge is 2.15. The largest absolute Gasteiger partial charge is 0.494 e. The van der Waals surface area contributed by atoms with E-state index in [-0.39, 0.29) is 24.5 Å². The first kappa shape index (κ1) is 17.5. The fourth-order valence-corrected chi connectivity index (χ4v) is 3.00. The van der Waals surface area contributed by atoms with Crippen LogP contribution in [0.1, 0.15) is 68.6 Å². The van der Waals surface area contributed by atoms with E-state index in [1.807, 2.05) is 6.92 Å². The Morgan fingerprint density at radius 3 is 2.30 bits per heavy atom. The minimum atomic E-state index is -0.00353. The van der Waals surface area contributed by atoms with Crippen LogP contribution in [-0.4, -0.2) is 24.3 Å². The number of nitrogens with one attached hydrogen (secondary N) is 1. The van der Waals surface area contributed by atoms with Gasteiger partial charge in [-0.2, -0.15) is 0 Å². The Hall–Kier alpha value is -1.84. The smallest absolute Gasteiger partial charge is 0.220 e. The molecule has 126 valence electrons. The van der Waals surface area contributed by atoms with Crippen LogP contribution in [0.3, 0.4) is 0 Å². The molecule has 0 radical (unpaired) electrons. The van der Waals surface area contributed by atoms with Gasteiger partial charge in [-0.05, 0) is 44.0 Å². The highest BCUT2D eigenvalue weighted by Crippen LogP contribution is 2.18. The standard InChI is InChI=1S/C19H27NO3/c1-2-23-17-11-9-15(10-12-17)18(21)13-14-19(22)20-16-7-5-3-4-6-8-16/h9-12,16H,2-8,13-14H2,1H3,(H,20,22). The Morgan fingerprint density at radius 1 is 1.04 bits per heavy atom. The van der Waals surface area contributed by atoms with Gasteiger partial charge in [0, 0.05) is 24.4 Å². The Balaban J connectivity index is 1.75. The van der Waals surface area contributed by atoms with Gasteiger partial charge < -0.3 is 10.1 Å². The first-order chi connectivity index (χ1) is 11.2. The van der Waals surface area contributed by atoms with E-state index in [1.165, 1.54) is 25.7 Å². The Labute approximate surface area is 138 Å². The van der Waals surface area contributed by atoms with Gasteiger partial charge in [-0.1, -0.05) is 25.7 Å². The van der Waals surface area contributed by atoms with Gasteiger partial charge in [0.25, 0.3) is 0 Å². The zero-order chi connectivity index (χ0) is 16.5. The number of carbonyl (C=O) groups excluding carboxylic acids is 2. The van der Waals surface area contributed by atoms with Gasteiger partial charge in [-0.25, -0.2) is 0 Å². The fraction of sp³-hybridized carbons (Fsp3) is 0.579. The number of rotatable bonds is 7. The summed E-state index contributed by atoms with van der Waals surface area (Å²) < 4.78 is 5.36. The maximum atomic E-state index is 12.1. The van der Waals surface area contributed by atoms with Gasteiger partial charge in [0.2, 0.25) is 5.91 Å². The molecule has 1 amide bonds. The number of Topliss-reactive ketones (excluding diaryl/α,β-unsaturated/α-hetero) is 1. The third-order valence-corrected chi connectivity index (χ3v) is 4.29. The molecule has 0 heterocycles. The van der Waals surface area contributed by atoms with Crippen molar-refractivity contribution in [3.8, 4) is 5.75 Å². The summed E-state index contributed by atoms with van der Waals surface area (Å²) in [5.74, 6) is 0.760. The first-order valence-corrected chi connectivity index (χ1v) is 8.74. The van der Waals surface area contributed by atoms with Crippen molar-refractivity contribution in [2.45, 2.75) is 64.3 Å². The van der Waals surface area contributed by atoms with Crippen LogP contribution in [0.2, 0.25) is 0 Å². The van der Waals surface area contributed by atoms with E-state index in [0.29, 0.717) is 18.2 Å². The molecule has 0 saturated heterocycles. The van der Waals surface area contributed by atoms with Crippen LogP contribution in [0, 0.1) is 0 Å². The van der Waals surface area contributed by atoms with E-state index >= 15 is 0 Å². The zero-order valence-electron chi connectivity index (χ0n) is 14.0. The normalized spacial score (nSPS) is 15.7. The lowest BCUT2D eigenvalue weighted by Gasteiger charge is -2.16. The fourth-order valence-electron chi connectivity index (χ4n) is 3.00. The summed E-state index contributed by atoms with van der Waals surface area (Å²) in [6.07, 6.45) is 7.57. The number of carbonyl (C=O) groups is 2. The predicted molar refractivity (Wildman–Crippen MR) is 90.8 cm³/mol. The van der Waals surface area contributed by atoms with Crippen molar-refractivity contribution in [2.75, 3.05) is 6.61 Å². The Bertz CT molecular complexity index is 502. The average molecular weight is 317 g/mol. The number of ether oxygens (including phenoxy) is 1. The van der Waals surface area contributed by atoms with Crippen LogP contribution in [0.5, 0.6) is 5.75 Å². The van der Waals surface area contributed by atoms with Crippen molar-refractivity contribution in [3.05, 3.63) is 29.8 Å². The van der Waals surface area contributed by atoms with Crippen molar-refractivity contribution in [2.24, 2.45) is 0 Å². The number of benzene rings is 1. The molecular weight excluding hydrogens is 290 g/mol. The number of hydrogen-bond acceptors (Lipinski definition) is 3. The van der Waals surface area contributed by atoms with Crippen molar-refractivity contribution < 1.29 is 14.3 Å². The van der Waals surface area contributed by atoms with E-state index in [0.717, 1.165) is 18.6 Å². The molecule has 23 heavy (non-hydrogen) atoms. The minimum absolute atomic E-state index is 0.00353. The maximum absolute atomic E-state index is 12.1. The molecule has 1 fully saturated rings. The van der Waals surface area contributed by atoms with Crippen molar-refractivity contribution >= 4 is 11.7 Å². The molecule has 1 aliphatic rings. The second-order valence-electron chi connectivity index (χ2n) is 6.14. The van der Waals surface area contributed by atoms with Gasteiger partial charge >= 0.3 is 0 Å². The van der Waals surface area contributed by atoms with E-state index < -0.39 is 0 Å². The molecule has 0 bridgehead atoms. The molecule has 0 spiro atoms. The summed E-state index contributed by atoms with van der Waals surface area (Å²) in [5, 5.41) is 3.08. The topological polar surface area (TPSA) is 55.4 Å². The van der Waals surface area contributed by atoms with Gasteiger partial charge in [0.1, 0.15) is 5.75 Å². The second kappa shape index (κ2) is 9.33. The first-order valence-electron chi connectivity index (χ1n) is 8.74. The lowest BCUT2D eigenvalue weighted by molar-refractivity contribution is -0.121. The monoisotopic (exact) mass is 317 g/mol. The number of ketones is 1. The molecule has 0 atom stereocenters. The summed E-state index contributed by atoms with van der Waals surface area (Å²) in [4.78, 5) is 24.2. The highest BCUT2D eigenvalue weighted by molar-refractivity contribution is 5.98. The van der Waals surface area contributed by atoms with Crippen molar-refractivity contribution in [1.29, 1.82) is 0 Å². The van der Waals surface area contributed by atoms with Gasteiger partial charge in [0.05, 0.1) is 6.61 Å². The minimum Gasteiger partial charge on any atom is -0.494 e. The van der Waals surface area contributed by atoms with E-state index in [4.69, 9.17) is 4.74 Å². The van der Waals surface area contributed by atoms with Crippen LogP contribution >= 0.6 is 0 Å². The van der Waals surface area contributed by atoms with Crippen molar-refractivity contribution in [1.82, 2.24) is 5.32 Å². The predicted octanol–water partition coefficient (Wildman–Crippen LogP) is 3.89. The molecule has 4 heteroatoms. The van der Waals surface area contributed by atoms with Crippen LogP contribution < -0.4 is 10.1 Å². The quantitative estimate of drug-likeness (QED) is 0.613. The third-order valence-electron chi connectivity index (χ3n) is 4.29. The van der Waals surface area contributed by atoms with Gasteiger partial charge in [-0.15, -0.1) is 0 Å². The summed E-state index contributed by atoms with van der Waals surface area (Å²) in [6, 6.07) is 7.41. The van der Waals surface area contributed by atoms with Crippen LogP contribution in [0.25, 0.3) is 0 Å². The SMILES string of the molecule is CCOc1ccc(C(=O)CCC(=O)NC2CCCCCC2)cc1. The molecule has 1 aromatic carbocycles. The Kier molecular flexibility index (Phi) is 7.11. The van der Waals surface area contributed by atoms with Crippen LogP contribution in [0.4, 0.5) is 0 Å². The lowest BCUT2D eigenvalue weighted by atomic mass is 10.1. The molecule has 1 aromatic rings. The third kappa shape index (κ3) is 6.05. The summed E-state index contributed by atoms with van der Waals surface area (Å²) in [7, 11) is 0. The van der Waals surface area contributed by atoms with E-state index in [2.05, 4.69) is 5.32 Å². The lowest BCUT2D eigenvalue weighted by Crippen LogP contribution is -2.34. The molecular formula is C19H27NO3. The summed E-state index contributed by atoms with van der Waals surface area (Å²) in [5.41, 5.74) is 0.635.